The van der Waals surface area contributed by atoms with E-state index in [9.17, 15) is 4.79 Å². The van der Waals surface area contributed by atoms with Crippen molar-refractivity contribution in [1.82, 2.24) is 0 Å². The second-order valence-corrected chi connectivity index (χ2v) is 4.43. The predicted octanol–water partition coefficient (Wildman–Crippen LogP) is 2.52. The molecule has 2 nitrogen and oxygen atoms in total. The number of aromatic hydroxyl groups is 1. The summed E-state index contributed by atoms with van der Waals surface area (Å²) in [5.74, 6) is 0.245. The van der Waals surface area contributed by atoms with Crippen molar-refractivity contribution in [2.45, 2.75) is 12.3 Å². The molecule has 1 unspecified atom stereocenters. The molecule has 0 radical (unpaired) electrons. The first-order valence-corrected chi connectivity index (χ1v) is 5.43. The van der Waals surface area contributed by atoms with Gasteiger partial charge in [-0.25, -0.2) is 0 Å². The Morgan fingerprint density at radius 3 is 2.27 bits per heavy atom. The smallest absolute Gasteiger partial charge is 0.170 e. The molecule has 4 heteroatoms. The van der Waals surface area contributed by atoms with Gasteiger partial charge in [0.2, 0.25) is 0 Å². The van der Waals surface area contributed by atoms with E-state index in [4.69, 9.17) is 5.11 Å². The SMILES string of the molecule is O=C1CC(c2ccc(O)cc2)C(S)=C1S. The van der Waals surface area contributed by atoms with Gasteiger partial charge in [-0.3, -0.25) is 4.79 Å². The van der Waals surface area contributed by atoms with Crippen molar-refractivity contribution in [2.24, 2.45) is 0 Å². The van der Waals surface area contributed by atoms with E-state index < -0.39 is 0 Å². The number of phenolic OH excluding ortho intramolecular Hbond substituents is 1. The van der Waals surface area contributed by atoms with Crippen molar-refractivity contribution >= 4 is 31.0 Å². The number of ketones is 1. The van der Waals surface area contributed by atoms with Crippen molar-refractivity contribution in [3.05, 3.63) is 39.6 Å². The Morgan fingerprint density at radius 2 is 1.80 bits per heavy atom. The number of Topliss-reactive ketones (excluding diaryl/α,β-unsaturated/α-hetero) is 1. The molecule has 0 aliphatic heterocycles. The Kier molecular flexibility index (Phi) is 2.80. The molecule has 0 amide bonds. The number of phenols is 1. The maximum Gasteiger partial charge on any atom is 0.170 e. The average Bonchev–Trinajstić information content (AvgIpc) is 2.47. The van der Waals surface area contributed by atoms with E-state index in [-0.39, 0.29) is 17.5 Å². The quantitative estimate of drug-likeness (QED) is 0.658. The Hall–Kier alpha value is -0.870. The van der Waals surface area contributed by atoms with Gasteiger partial charge in [0.1, 0.15) is 5.75 Å². The summed E-state index contributed by atoms with van der Waals surface area (Å²) in [5, 5.41) is 9.16. The number of thiol groups is 2. The van der Waals surface area contributed by atoms with Crippen LogP contribution in [0.4, 0.5) is 0 Å². The number of benzene rings is 1. The number of carbonyl (C=O) groups excluding carboxylic acids is 1. The first kappa shape index (κ1) is 10.6. The van der Waals surface area contributed by atoms with Crippen molar-refractivity contribution in [3.8, 4) is 5.75 Å². The molecule has 1 aromatic rings. The van der Waals surface area contributed by atoms with Gasteiger partial charge in [-0.2, -0.15) is 0 Å². The van der Waals surface area contributed by atoms with Crippen LogP contribution in [0.1, 0.15) is 17.9 Å². The largest absolute Gasteiger partial charge is 0.508 e. The van der Waals surface area contributed by atoms with Crippen molar-refractivity contribution in [1.29, 1.82) is 0 Å². The Morgan fingerprint density at radius 1 is 1.20 bits per heavy atom. The highest BCUT2D eigenvalue weighted by Crippen LogP contribution is 2.40. The minimum Gasteiger partial charge on any atom is -0.508 e. The number of carbonyl (C=O) groups is 1. The zero-order chi connectivity index (χ0) is 11.0. The maximum atomic E-state index is 11.4. The standard InChI is InChI=1S/C11H10O2S2/c12-7-3-1-6(2-4-7)8-5-9(13)11(15)10(8)14/h1-4,8,12,14-15H,5H2. The average molecular weight is 238 g/mol. The van der Waals surface area contributed by atoms with Crippen LogP contribution in [0.3, 0.4) is 0 Å². The Balaban J connectivity index is 2.35. The van der Waals surface area contributed by atoms with E-state index in [0.29, 0.717) is 16.2 Å². The van der Waals surface area contributed by atoms with E-state index in [1.807, 2.05) is 0 Å². The molecule has 0 saturated heterocycles. The molecule has 1 aromatic carbocycles. The number of rotatable bonds is 1. The summed E-state index contributed by atoms with van der Waals surface area (Å²) >= 11 is 8.42. The van der Waals surface area contributed by atoms with Crippen molar-refractivity contribution in [2.75, 3.05) is 0 Å². The third-order valence-corrected chi connectivity index (χ3v) is 3.72. The molecule has 1 atom stereocenters. The lowest BCUT2D eigenvalue weighted by Gasteiger charge is -2.10. The van der Waals surface area contributed by atoms with Gasteiger partial charge in [0.25, 0.3) is 0 Å². The minimum absolute atomic E-state index is 0.00562. The summed E-state index contributed by atoms with van der Waals surface area (Å²) in [6.07, 6.45) is 0.419. The second kappa shape index (κ2) is 3.94. The lowest BCUT2D eigenvalue weighted by molar-refractivity contribution is -0.114. The minimum atomic E-state index is -0.00562. The third-order valence-electron chi connectivity index (χ3n) is 2.52. The maximum absolute atomic E-state index is 11.4. The zero-order valence-electron chi connectivity index (χ0n) is 7.84. The number of allylic oxidation sites excluding steroid dienone is 2. The molecular weight excluding hydrogens is 228 g/mol. The highest BCUT2D eigenvalue weighted by atomic mass is 32.1. The van der Waals surface area contributed by atoms with E-state index in [2.05, 4.69) is 25.3 Å². The zero-order valence-corrected chi connectivity index (χ0v) is 9.63. The van der Waals surface area contributed by atoms with Gasteiger partial charge in [-0.05, 0) is 17.7 Å². The van der Waals surface area contributed by atoms with Crippen LogP contribution in [0.5, 0.6) is 5.75 Å². The van der Waals surface area contributed by atoms with Crippen LogP contribution in [0.25, 0.3) is 0 Å². The topological polar surface area (TPSA) is 37.3 Å². The number of hydrogen-bond acceptors (Lipinski definition) is 4. The summed E-state index contributed by atoms with van der Waals surface area (Å²) in [6.45, 7) is 0. The monoisotopic (exact) mass is 238 g/mol. The van der Waals surface area contributed by atoms with Gasteiger partial charge >= 0.3 is 0 Å². The molecule has 0 saturated carbocycles. The van der Waals surface area contributed by atoms with Crippen LogP contribution in [-0.4, -0.2) is 10.9 Å². The van der Waals surface area contributed by atoms with Crippen LogP contribution >= 0.6 is 25.3 Å². The van der Waals surface area contributed by atoms with Crippen LogP contribution in [0.2, 0.25) is 0 Å². The Bertz CT molecular complexity index is 434. The van der Waals surface area contributed by atoms with Crippen molar-refractivity contribution < 1.29 is 9.90 Å². The summed E-state index contributed by atoms with van der Waals surface area (Å²) in [7, 11) is 0. The molecule has 0 aromatic heterocycles. The van der Waals surface area contributed by atoms with Gasteiger partial charge in [-0.15, -0.1) is 25.3 Å². The molecule has 1 aliphatic rings. The molecule has 0 spiro atoms. The van der Waals surface area contributed by atoms with Gasteiger partial charge in [0.15, 0.2) is 5.78 Å². The van der Waals surface area contributed by atoms with E-state index in [1.54, 1.807) is 24.3 Å². The highest BCUT2D eigenvalue weighted by Gasteiger charge is 2.29. The van der Waals surface area contributed by atoms with E-state index in [1.165, 1.54) is 0 Å². The van der Waals surface area contributed by atoms with Crippen LogP contribution < -0.4 is 0 Å². The van der Waals surface area contributed by atoms with Crippen LogP contribution in [0.15, 0.2) is 34.1 Å². The molecular formula is C11H10O2S2. The summed E-state index contributed by atoms with van der Waals surface area (Å²) in [4.78, 5) is 12.6. The van der Waals surface area contributed by atoms with Crippen molar-refractivity contribution in [3.63, 3.8) is 0 Å². The first-order valence-electron chi connectivity index (χ1n) is 4.54. The highest BCUT2D eigenvalue weighted by molar-refractivity contribution is 7.89. The lowest BCUT2D eigenvalue weighted by atomic mass is 9.98. The van der Waals surface area contributed by atoms with Gasteiger partial charge < -0.3 is 5.11 Å². The predicted molar refractivity (Wildman–Crippen MR) is 65.5 cm³/mol. The van der Waals surface area contributed by atoms with Gasteiger partial charge in [0.05, 0.1) is 4.91 Å². The molecule has 0 fully saturated rings. The molecule has 1 N–H and O–H groups in total. The van der Waals surface area contributed by atoms with Gasteiger partial charge in [0, 0.05) is 17.2 Å². The summed E-state index contributed by atoms with van der Waals surface area (Å²) < 4.78 is 0. The third kappa shape index (κ3) is 1.92. The van der Waals surface area contributed by atoms with E-state index >= 15 is 0 Å². The molecule has 0 bridgehead atoms. The van der Waals surface area contributed by atoms with Crippen LogP contribution in [0, 0.1) is 0 Å². The lowest BCUT2D eigenvalue weighted by Crippen LogP contribution is -1.96. The summed E-state index contributed by atoms with van der Waals surface area (Å²) in [6, 6.07) is 6.82. The molecule has 78 valence electrons. The molecule has 2 rings (SSSR count). The fraction of sp³-hybridized carbons (Fsp3) is 0.182. The molecule has 1 aliphatic carbocycles. The summed E-state index contributed by atoms with van der Waals surface area (Å²) in [5.41, 5.74) is 0.982. The fourth-order valence-electron chi connectivity index (χ4n) is 1.67. The van der Waals surface area contributed by atoms with Gasteiger partial charge in [-0.1, -0.05) is 12.1 Å². The molecule has 15 heavy (non-hydrogen) atoms. The first-order chi connectivity index (χ1) is 7.09. The molecule has 0 heterocycles. The van der Waals surface area contributed by atoms with Crippen LogP contribution in [-0.2, 0) is 4.79 Å². The number of hydrogen-bond donors (Lipinski definition) is 3. The second-order valence-electron chi connectivity index (χ2n) is 3.51. The normalized spacial score (nSPS) is 21.2. The Labute approximate surface area is 98.8 Å². The fourth-order valence-corrected chi connectivity index (χ4v) is 2.28. The van der Waals surface area contributed by atoms with E-state index in [0.717, 1.165) is 5.56 Å².